The molecule has 12 heteroatoms. The molecule has 0 saturated carbocycles. The first kappa shape index (κ1) is 26.9. The Hall–Kier alpha value is -4.71. The van der Waals surface area contributed by atoms with E-state index in [1.54, 1.807) is 24.5 Å². The maximum Gasteiger partial charge on any atom is 0.262 e. The highest BCUT2D eigenvalue weighted by Crippen LogP contribution is 2.30. The molecule has 3 aromatic heterocycles. The predicted octanol–water partition coefficient (Wildman–Crippen LogP) is 5.89. The second kappa shape index (κ2) is 10.5. The third-order valence-electron chi connectivity index (χ3n) is 5.98. The molecule has 0 radical (unpaired) electrons. The van der Waals surface area contributed by atoms with Crippen LogP contribution in [0.3, 0.4) is 0 Å². The number of fused-ring (bicyclic) bond motifs is 1. The van der Waals surface area contributed by atoms with E-state index in [1.807, 2.05) is 24.6 Å². The highest BCUT2D eigenvalue weighted by molar-refractivity contribution is 7.92. The van der Waals surface area contributed by atoms with Crippen LogP contribution in [0.15, 0.2) is 78.1 Å². The van der Waals surface area contributed by atoms with Crippen LogP contribution in [-0.4, -0.2) is 35.2 Å². The first-order valence-corrected chi connectivity index (χ1v) is 13.5. The number of H-pyrrole nitrogens is 1. The van der Waals surface area contributed by atoms with E-state index in [1.165, 1.54) is 12.3 Å². The quantitative estimate of drug-likeness (QED) is 0.202. The van der Waals surface area contributed by atoms with Gasteiger partial charge >= 0.3 is 0 Å². The zero-order valence-electron chi connectivity index (χ0n) is 21.2. The van der Waals surface area contributed by atoms with Gasteiger partial charge in [0.15, 0.2) is 5.82 Å². The molecule has 0 spiro atoms. The van der Waals surface area contributed by atoms with Gasteiger partial charge in [0.2, 0.25) is 5.78 Å². The van der Waals surface area contributed by atoms with Gasteiger partial charge in [-0.05, 0) is 62.4 Å². The summed E-state index contributed by atoms with van der Waals surface area (Å²) in [7, 11) is -4.44. The molecular weight excluding hydrogens is 543 g/mol. The van der Waals surface area contributed by atoms with Crippen LogP contribution < -0.4 is 10.0 Å². The van der Waals surface area contributed by atoms with E-state index in [4.69, 9.17) is 0 Å². The van der Waals surface area contributed by atoms with E-state index < -0.39 is 49.4 Å². The SMILES string of the molecule is CC(C)Nc1ccc(-c2cnc3[nH]cc(C(=O)c4c(F)ccc(NS(=O)(=O)c5cccc(F)c5)c4F)c3c2)cn1. The smallest absolute Gasteiger partial charge is 0.262 e. The van der Waals surface area contributed by atoms with E-state index in [0.717, 1.165) is 30.3 Å². The molecule has 0 fully saturated rings. The molecular formula is C28H22F3N5O3S. The summed E-state index contributed by atoms with van der Waals surface area (Å²) in [6, 6.07) is 11.2. The van der Waals surface area contributed by atoms with E-state index in [-0.39, 0.29) is 11.6 Å². The Morgan fingerprint density at radius 2 is 1.73 bits per heavy atom. The van der Waals surface area contributed by atoms with Crippen LogP contribution in [0.25, 0.3) is 22.2 Å². The number of ketones is 1. The van der Waals surface area contributed by atoms with Gasteiger partial charge in [-0.1, -0.05) is 6.07 Å². The maximum atomic E-state index is 15.5. The van der Waals surface area contributed by atoms with Crippen molar-refractivity contribution in [1.29, 1.82) is 0 Å². The number of aromatic amines is 1. The van der Waals surface area contributed by atoms with Crippen molar-refractivity contribution in [1.82, 2.24) is 15.0 Å². The third-order valence-corrected chi connectivity index (χ3v) is 7.34. The van der Waals surface area contributed by atoms with Gasteiger partial charge in [-0.25, -0.2) is 31.6 Å². The summed E-state index contributed by atoms with van der Waals surface area (Å²) in [6.45, 7) is 3.97. The number of pyridine rings is 2. The van der Waals surface area contributed by atoms with Gasteiger partial charge < -0.3 is 10.3 Å². The third kappa shape index (κ3) is 5.25. The summed E-state index contributed by atoms with van der Waals surface area (Å²) in [6.07, 6.45) is 4.48. The lowest BCUT2D eigenvalue weighted by atomic mass is 10.00. The lowest BCUT2D eigenvalue weighted by molar-refractivity contribution is 0.103. The second-order valence-corrected chi connectivity index (χ2v) is 10.9. The summed E-state index contributed by atoms with van der Waals surface area (Å²) >= 11 is 0. The standard InChI is InChI=1S/C28H22F3N5O3S/c1-15(2)35-24-9-6-16(12-32-24)17-10-20-21(14-34-28(20)33-13-17)27(37)25-22(30)7-8-23(26(25)31)36-40(38,39)19-5-3-4-18(29)11-19/h3-15,36H,1-2H3,(H,32,35)(H,33,34). The minimum Gasteiger partial charge on any atom is -0.368 e. The van der Waals surface area contributed by atoms with Crippen LogP contribution >= 0.6 is 0 Å². The van der Waals surface area contributed by atoms with Crippen LogP contribution in [-0.2, 0) is 10.0 Å². The summed E-state index contributed by atoms with van der Waals surface area (Å²) in [5.41, 5.74) is -0.0812. The van der Waals surface area contributed by atoms with Crippen molar-refractivity contribution in [2.45, 2.75) is 24.8 Å². The fourth-order valence-corrected chi connectivity index (χ4v) is 5.20. The highest BCUT2D eigenvalue weighted by atomic mass is 32.2. The van der Waals surface area contributed by atoms with E-state index in [2.05, 4.69) is 20.3 Å². The van der Waals surface area contributed by atoms with Gasteiger partial charge in [-0.2, -0.15) is 0 Å². The molecule has 204 valence electrons. The van der Waals surface area contributed by atoms with Crippen molar-refractivity contribution in [2.75, 3.05) is 10.0 Å². The highest BCUT2D eigenvalue weighted by Gasteiger charge is 2.26. The molecule has 2 aromatic carbocycles. The molecule has 3 heterocycles. The Labute approximate surface area is 227 Å². The largest absolute Gasteiger partial charge is 0.368 e. The fraction of sp³-hybridized carbons (Fsp3) is 0.107. The lowest BCUT2D eigenvalue weighted by Crippen LogP contribution is -2.16. The summed E-state index contributed by atoms with van der Waals surface area (Å²) in [4.78, 5) is 24.4. The summed E-state index contributed by atoms with van der Waals surface area (Å²) in [5, 5.41) is 3.49. The molecule has 0 saturated heterocycles. The molecule has 40 heavy (non-hydrogen) atoms. The molecule has 0 aliphatic carbocycles. The van der Waals surface area contributed by atoms with Gasteiger partial charge in [-0.3, -0.25) is 9.52 Å². The van der Waals surface area contributed by atoms with Crippen LogP contribution in [0, 0.1) is 17.5 Å². The van der Waals surface area contributed by atoms with Crippen LogP contribution in [0.1, 0.15) is 29.8 Å². The Kier molecular flexibility index (Phi) is 7.03. The van der Waals surface area contributed by atoms with Crippen molar-refractivity contribution < 1.29 is 26.4 Å². The topological polar surface area (TPSA) is 117 Å². The fourth-order valence-electron chi connectivity index (χ4n) is 4.11. The molecule has 0 atom stereocenters. The number of rotatable bonds is 8. The van der Waals surface area contributed by atoms with Crippen LogP contribution in [0.4, 0.5) is 24.7 Å². The molecule has 3 N–H and O–H groups in total. The van der Waals surface area contributed by atoms with Crippen LogP contribution in [0.5, 0.6) is 0 Å². The van der Waals surface area contributed by atoms with Crippen molar-refractivity contribution in [3.05, 3.63) is 102 Å². The number of hydrogen-bond acceptors (Lipinski definition) is 6. The van der Waals surface area contributed by atoms with Gasteiger partial charge in [0.25, 0.3) is 10.0 Å². The number of halogens is 3. The van der Waals surface area contributed by atoms with E-state index in [9.17, 15) is 22.0 Å². The van der Waals surface area contributed by atoms with Gasteiger partial charge in [0, 0.05) is 46.7 Å². The number of aromatic nitrogens is 3. The molecule has 0 bridgehead atoms. The van der Waals surface area contributed by atoms with Crippen molar-refractivity contribution in [3.63, 3.8) is 0 Å². The molecule has 0 aliphatic heterocycles. The van der Waals surface area contributed by atoms with Crippen molar-refractivity contribution >= 4 is 38.3 Å². The minimum absolute atomic E-state index is 0.0710. The Morgan fingerprint density at radius 3 is 2.42 bits per heavy atom. The number of hydrogen-bond donors (Lipinski definition) is 3. The van der Waals surface area contributed by atoms with E-state index in [0.29, 0.717) is 28.0 Å². The number of anilines is 2. The Morgan fingerprint density at radius 1 is 0.950 bits per heavy atom. The van der Waals surface area contributed by atoms with Gasteiger partial charge in [-0.15, -0.1) is 0 Å². The second-order valence-electron chi connectivity index (χ2n) is 9.23. The Balaban J connectivity index is 1.50. The van der Waals surface area contributed by atoms with E-state index >= 15 is 4.39 Å². The molecule has 8 nitrogen and oxygen atoms in total. The van der Waals surface area contributed by atoms with Crippen LogP contribution in [0.2, 0.25) is 0 Å². The normalized spacial score (nSPS) is 11.7. The zero-order chi connectivity index (χ0) is 28.6. The Bertz CT molecular complexity index is 1860. The molecule has 0 amide bonds. The maximum absolute atomic E-state index is 15.5. The first-order chi connectivity index (χ1) is 19.0. The van der Waals surface area contributed by atoms with Crippen molar-refractivity contribution in [2.24, 2.45) is 0 Å². The number of carbonyl (C=O) groups excluding carboxylic acids is 1. The number of carbonyl (C=O) groups is 1. The van der Waals surface area contributed by atoms with Gasteiger partial charge in [0.05, 0.1) is 16.1 Å². The molecule has 5 rings (SSSR count). The summed E-state index contributed by atoms with van der Waals surface area (Å²) < 4.78 is 71.2. The summed E-state index contributed by atoms with van der Waals surface area (Å²) in [5.74, 6) is -3.76. The van der Waals surface area contributed by atoms with Crippen molar-refractivity contribution in [3.8, 4) is 11.1 Å². The monoisotopic (exact) mass is 565 g/mol. The number of sulfonamides is 1. The first-order valence-electron chi connectivity index (χ1n) is 12.0. The zero-order valence-corrected chi connectivity index (χ0v) is 22.0. The number of nitrogens with zero attached hydrogens (tertiary/aromatic N) is 2. The predicted molar refractivity (Wildman–Crippen MR) is 145 cm³/mol. The molecule has 5 aromatic rings. The minimum atomic E-state index is -4.44. The van der Waals surface area contributed by atoms with Gasteiger partial charge in [0.1, 0.15) is 23.1 Å². The lowest BCUT2D eigenvalue weighted by Gasteiger charge is -2.12. The molecule has 0 aliphatic rings. The number of nitrogens with one attached hydrogen (secondary N) is 3. The average Bonchev–Trinajstić information content (AvgIpc) is 3.34. The number of benzene rings is 2. The molecule has 0 unspecified atom stereocenters. The average molecular weight is 566 g/mol.